The maximum absolute atomic E-state index is 11.9. The molecule has 1 atom stereocenters. The van der Waals surface area contributed by atoms with E-state index in [0.29, 0.717) is 18.5 Å². The Kier molecular flexibility index (Phi) is 3.94. The molecule has 5 heteroatoms. The molecule has 0 spiro atoms. The fourth-order valence-electron chi connectivity index (χ4n) is 2.24. The Labute approximate surface area is 111 Å². The van der Waals surface area contributed by atoms with Gasteiger partial charge in [0.15, 0.2) is 0 Å². The molecule has 1 fully saturated rings. The summed E-state index contributed by atoms with van der Waals surface area (Å²) in [4.78, 5) is 23.1. The van der Waals surface area contributed by atoms with Crippen molar-refractivity contribution in [2.75, 3.05) is 0 Å². The van der Waals surface area contributed by atoms with Crippen LogP contribution >= 0.6 is 0 Å². The molecule has 5 nitrogen and oxygen atoms in total. The van der Waals surface area contributed by atoms with Gasteiger partial charge in [-0.1, -0.05) is 31.7 Å². The van der Waals surface area contributed by atoms with E-state index in [1.54, 1.807) is 6.08 Å². The monoisotopic (exact) mass is 259 g/mol. The molecule has 1 unspecified atom stereocenters. The Morgan fingerprint density at radius 2 is 2.26 bits per heavy atom. The summed E-state index contributed by atoms with van der Waals surface area (Å²) in [7, 11) is 0. The highest BCUT2D eigenvalue weighted by Gasteiger charge is 2.31. The van der Waals surface area contributed by atoms with Gasteiger partial charge in [-0.15, -0.1) is 0 Å². The van der Waals surface area contributed by atoms with E-state index in [9.17, 15) is 9.59 Å². The fraction of sp³-hybridized carbons (Fsp3) is 0.357. The first kappa shape index (κ1) is 13.3. The van der Waals surface area contributed by atoms with Crippen LogP contribution in [0.5, 0.6) is 0 Å². The third-order valence-electron chi connectivity index (χ3n) is 3.23. The van der Waals surface area contributed by atoms with Gasteiger partial charge in [-0.3, -0.25) is 20.0 Å². The number of nitrogens with zero attached hydrogens (tertiary/aromatic N) is 1. The molecule has 0 aromatic carbocycles. The second kappa shape index (κ2) is 5.65. The third kappa shape index (κ3) is 2.65. The van der Waals surface area contributed by atoms with Gasteiger partial charge in [0, 0.05) is 17.7 Å². The average Bonchev–Trinajstić information content (AvgIpc) is 2.79. The molecular formula is C14H17N3O2. The number of aryl methyl sites for hydroxylation is 1. The zero-order chi connectivity index (χ0) is 13.8. The Morgan fingerprint density at radius 1 is 1.47 bits per heavy atom. The minimum Gasteiger partial charge on any atom is -0.296 e. The topological polar surface area (TPSA) is 74.8 Å². The number of amides is 2. The van der Waals surface area contributed by atoms with Gasteiger partial charge >= 0.3 is 0 Å². The molecule has 1 aromatic heterocycles. The second-order valence-electron chi connectivity index (χ2n) is 4.45. The van der Waals surface area contributed by atoms with Gasteiger partial charge in [0.05, 0.1) is 11.6 Å². The van der Waals surface area contributed by atoms with E-state index in [1.165, 1.54) is 0 Å². The zero-order valence-electron chi connectivity index (χ0n) is 10.9. The third-order valence-corrected chi connectivity index (χ3v) is 3.23. The molecular weight excluding hydrogens is 242 g/mol. The standard InChI is InChI=1S/C14H17N3O2/c1-3-5-6-9-11(4-2)16-17-13(9)10-7-8-12(18)15-14(10)19/h3,5-6,10H,1,4,7-8H2,2H3,(H,16,17)(H,15,18,19)/b6-5-. The predicted octanol–water partition coefficient (Wildman–Crippen LogP) is 1.69. The van der Waals surface area contributed by atoms with Crippen molar-refractivity contribution in [3.63, 3.8) is 0 Å². The lowest BCUT2D eigenvalue weighted by atomic mass is 9.91. The maximum Gasteiger partial charge on any atom is 0.235 e. The Morgan fingerprint density at radius 3 is 2.89 bits per heavy atom. The van der Waals surface area contributed by atoms with Crippen molar-refractivity contribution in [3.05, 3.63) is 35.7 Å². The maximum atomic E-state index is 11.9. The Balaban J connectivity index is 2.36. The van der Waals surface area contributed by atoms with Gasteiger partial charge in [0.2, 0.25) is 11.8 Å². The number of aromatic nitrogens is 2. The van der Waals surface area contributed by atoms with E-state index < -0.39 is 0 Å². The van der Waals surface area contributed by atoms with Gasteiger partial charge in [0.25, 0.3) is 0 Å². The molecule has 0 radical (unpaired) electrons. The lowest BCUT2D eigenvalue weighted by molar-refractivity contribution is -0.134. The summed E-state index contributed by atoms with van der Waals surface area (Å²) >= 11 is 0. The molecule has 100 valence electrons. The predicted molar refractivity (Wildman–Crippen MR) is 72.3 cm³/mol. The summed E-state index contributed by atoms with van der Waals surface area (Å²) in [6, 6.07) is 0. The number of aromatic amines is 1. The zero-order valence-corrected chi connectivity index (χ0v) is 10.9. The Bertz CT molecular complexity index is 543. The molecule has 1 aromatic rings. The molecule has 1 aliphatic heterocycles. The summed E-state index contributed by atoms with van der Waals surface area (Å²) in [5, 5.41) is 9.58. The summed E-state index contributed by atoms with van der Waals surface area (Å²) in [6.45, 7) is 5.66. The number of H-pyrrole nitrogens is 1. The highest BCUT2D eigenvalue weighted by molar-refractivity contribution is 6.01. The first-order chi connectivity index (χ1) is 9.17. The first-order valence-electron chi connectivity index (χ1n) is 6.37. The van der Waals surface area contributed by atoms with Crippen molar-refractivity contribution in [1.82, 2.24) is 15.5 Å². The Hall–Kier alpha value is -2.17. The SMILES string of the molecule is C=C/C=C\c1c(C2CCC(=O)NC2=O)n[nH]c1CC. The number of imide groups is 1. The van der Waals surface area contributed by atoms with Crippen LogP contribution in [0.4, 0.5) is 0 Å². The average molecular weight is 259 g/mol. The highest BCUT2D eigenvalue weighted by Crippen LogP contribution is 2.28. The normalized spacial score (nSPS) is 19.7. The van der Waals surface area contributed by atoms with Crippen molar-refractivity contribution in [2.45, 2.75) is 32.1 Å². The van der Waals surface area contributed by atoms with E-state index in [4.69, 9.17) is 0 Å². The molecule has 1 aliphatic rings. The lowest BCUT2D eigenvalue weighted by Crippen LogP contribution is -2.39. The summed E-state index contributed by atoms with van der Waals surface area (Å²) < 4.78 is 0. The molecule has 0 saturated carbocycles. The number of piperidine rings is 1. The number of hydrogen-bond donors (Lipinski definition) is 2. The molecule has 2 N–H and O–H groups in total. The summed E-state index contributed by atoms with van der Waals surface area (Å²) in [6.07, 6.45) is 7.06. The first-order valence-corrected chi connectivity index (χ1v) is 6.37. The molecule has 2 rings (SSSR count). The van der Waals surface area contributed by atoms with Crippen LogP contribution < -0.4 is 5.32 Å². The van der Waals surface area contributed by atoms with E-state index >= 15 is 0 Å². The van der Waals surface area contributed by atoms with Gasteiger partial charge < -0.3 is 0 Å². The smallest absolute Gasteiger partial charge is 0.235 e. The van der Waals surface area contributed by atoms with Crippen molar-refractivity contribution < 1.29 is 9.59 Å². The van der Waals surface area contributed by atoms with Crippen LogP contribution in [0, 0.1) is 0 Å². The van der Waals surface area contributed by atoms with Crippen LogP contribution in [0.15, 0.2) is 18.7 Å². The lowest BCUT2D eigenvalue weighted by Gasteiger charge is -2.19. The van der Waals surface area contributed by atoms with Crippen LogP contribution in [-0.2, 0) is 16.0 Å². The van der Waals surface area contributed by atoms with Gasteiger partial charge in [-0.25, -0.2) is 0 Å². The van der Waals surface area contributed by atoms with Crippen LogP contribution in [0.1, 0.15) is 42.6 Å². The van der Waals surface area contributed by atoms with Crippen LogP contribution in [0.2, 0.25) is 0 Å². The van der Waals surface area contributed by atoms with E-state index in [1.807, 2.05) is 19.1 Å². The minimum atomic E-state index is -0.362. The van der Waals surface area contributed by atoms with Gasteiger partial charge in [-0.05, 0) is 12.8 Å². The number of carbonyl (C=O) groups is 2. The van der Waals surface area contributed by atoms with Crippen molar-refractivity contribution >= 4 is 17.9 Å². The van der Waals surface area contributed by atoms with Gasteiger partial charge in [0.1, 0.15) is 0 Å². The number of allylic oxidation sites excluding steroid dienone is 2. The van der Waals surface area contributed by atoms with E-state index in [0.717, 1.165) is 17.7 Å². The van der Waals surface area contributed by atoms with E-state index in [-0.39, 0.29) is 17.7 Å². The van der Waals surface area contributed by atoms with Crippen molar-refractivity contribution in [3.8, 4) is 0 Å². The summed E-state index contributed by atoms with van der Waals surface area (Å²) in [5.74, 6) is -0.840. The number of rotatable bonds is 4. The van der Waals surface area contributed by atoms with Crippen LogP contribution in [0.25, 0.3) is 6.08 Å². The molecule has 2 amide bonds. The summed E-state index contributed by atoms with van der Waals surface area (Å²) in [5.41, 5.74) is 2.62. The molecule has 2 heterocycles. The molecule has 0 bridgehead atoms. The highest BCUT2D eigenvalue weighted by atomic mass is 16.2. The van der Waals surface area contributed by atoms with Crippen molar-refractivity contribution in [1.29, 1.82) is 0 Å². The van der Waals surface area contributed by atoms with Crippen molar-refractivity contribution in [2.24, 2.45) is 0 Å². The number of hydrogen-bond acceptors (Lipinski definition) is 3. The van der Waals surface area contributed by atoms with E-state index in [2.05, 4.69) is 22.1 Å². The van der Waals surface area contributed by atoms with Crippen LogP contribution in [0.3, 0.4) is 0 Å². The molecule has 0 aliphatic carbocycles. The second-order valence-corrected chi connectivity index (χ2v) is 4.45. The minimum absolute atomic E-state index is 0.212. The van der Waals surface area contributed by atoms with Crippen LogP contribution in [-0.4, -0.2) is 22.0 Å². The van der Waals surface area contributed by atoms with Gasteiger partial charge in [-0.2, -0.15) is 5.10 Å². The molecule has 1 saturated heterocycles. The largest absolute Gasteiger partial charge is 0.296 e. The number of nitrogens with one attached hydrogen (secondary N) is 2. The fourth-order valence-corrected chi connectivity index (χ4v) is 2.24. The quantitative estimate of drug-likeness (QED) is 0.638. The number of carbonyl (C=O) groups excluding carboxylic acids is 2. The molecule has 19 heavy (non-hydrogen) atoms.